The highest BCUT2D eigenvalue weighted by Crippen LogP contribution is 2.08. The number of hydrogen-bond donors (Lipinski definition) is 1. The molecule has 0 aromatic heterocycles. The number of amides is 1. The number of benzene rings is 1. The third-order valence-corrected chi connectivity index (χ3v) is 2.36. The fourth-order valence-electron chi connectivity index (χ4n) is 1.51. The van der Waals surface area contributed by atoms with Crippen molar-refractivity contribution in [3.05, 3.63) is 35.4 Å². The summed E-state index contributed by atoms with van der Waals surface area (Å²) in [6.45, 7) is 4.46. The van der Waals surface area contributed by atoms with Crippen LogP contribution in [0.5, 0.6) is 0 Å². The predicted molar refractivity (Wildman–Crippen MR) is 66.2 cm³/mol. The van der Waals surface area contributed by atoms with Gasteiger partial charge in [-0.15, -0.1) is 11.8 Å². The van der Waals surface area contributed by atoms with Crippen molar-refractivity contribution in [3.63, 3.8) is 0 Å². The highest BCUT2D eigenvalue weighted by atomic mass is 16.1. The van der Waals surface area contributed by atoms with E-state index in [0.717, 1.165) is 17.5 Å². The average molecular weight is 215 g/mol. The number of hydrogen-bond acceptors (Lipinski definition) is 1. The Morgan fingerprint density at radius 3 is 2.81 bits per heavy atom. The first-order valence-electron chi connectivity index (χ1n) is 5.55. The van der Waals surface area contributed by atoms with Gasteiger partial charge in [-0.1, -0.05) is 25.1 Å². The number of aryl methyl sites for hydroxylation is 1. The van der Waals surface area contributed by atoms with Crippen molar-refractivity contribution < 1.29 is 4.79 Å². The Kier molecular flexibility index (Phi) is 5.15. The Balaban J connectivity index is 2.61. The molecule has 0 aliphatic rings. The van der Waals surface area contributed by atoms with Gasteiger partial charge in [-0.25, -0.2) is 0 Å². The van der Waals surface area contributed by atoms with Crippen molar-refractivity contribution in [2.75, 3.05) is 6.54 Å². The zero-order valence-corrected chi connectivity index (χ0v) is 9.84. The van der Waals surface area contributed by atoms with Crippen LogP contribution in [0.25, 0.3) is 0 Å². The van der Waals surface area contributed by atoms with Crippen LogP contribution in [0.3, 0.4) is 0 Å². The van der Waals surface area contributed by atoms with E-state index in [9.17, 15) is 4.79 Å². The first kappa shape index (κ1) is 12.3. The monoisotopic (exact) mass is 215 g/mol. The molecule has 0 spiro atoms. The Bertz CT molecular complexity index is 412. The quantitative estimate of drug-likeness (QED) is 0.606. The summed E-state index contributed by atoms with van der Waals surface area (Å²) in [6, 6.07) is 7.69. The average Bonchev–Trinajstić information content (AvgIpc) is 2.34. The summed E-state index contributed by atoms with van der Waals surface area (Å²) in [6.07, 6.45) is 1.58. The second kappa shape index (κ2) is 6.68. The second-order valence-electron chi connectivity index (χ2n) is 3.44. The Labute approximate surface area is 97.1 Å². The summed E-state index contributed by atoms with van der Waals surface area (Å²) >= 11 is 0. The van der Waals surface area contributed by atoms with Crippen molar-refractivity contribution in [1.82, 2.24) is 5.32 Å². The minimum Gasteiger partial charge on any atom is -0.351 e. The first-order chi connectivity index (χ1) is 7.79. The summed E-state index contributed by atoms with van der Waals surface area (Å²) in [7, 11) is 0. The van der Waals surface area contributed by atoms with E-state index in [4.69, 9.17) is 0 Å². The van der Waals surface area contributed by atoms with Gasteiger partial charge in [0.15, 0.2) is 0 Å². The van der Waals surface area contributed by atoms with E-state index in [-0.39, 0.29) is 5.91 Å². The molecule has 1 N–H and O–H groups in total. The van der Waals surface area contributed by atoms with Crippen LogP contribution in [0.4, 0.5) is 0 Å². The van der Waals surface area contributed by atoms with Gasteiger partial charge in [0.1, 0.15) is 0 Å². The molecular formula is C14H17NO. The van der Waals surface area contributed by atoms with Gasteiger partial charge in [0.05, 0.1) is 0 Å². The fourth-order valence-corrected chi connectivity index (χ4v) is 1.51. The molecule has 1 rings (SSSR count). The van der Waals surface area contributed by atoms with E-state index >= 15 is 0 Å². The highest BCUT2D eigenvalue weighted by molar-refractivity contribution is 5.95. The third kappa shape index (κ3) is 3.43. The van der Waals surface area contributed by atoms with Gasteiger partial charge < -0.3 is 5.32 Å². The van der Waals surface area contributed by atoms with Crippen molar-refractivity contribution in [3.8, 4) is 11.8 Å². The lowest BCUT2D eigenvalue weighted by molar-refractivity contribution is 0.0953. The zero-order chi connectivity index (χ0) is 11.8. The molecule has 0 fully saturated rings. The largest absolute Gasteiger partial charge is 0.351 e. The third-order valence-electron chi connectivity index (χ3n) is 2.36. The molecule has 0 aliphatic carbocycles. The topological polar surface area (TPSA) is 29.1 Å². The number of carbonyl (C=O) groups is 1. The summed E-state index contributed by atoms with van der Waals surface area (Å²) < 4.78 is 0. The molecule has 0 unspecified atom stereocenters. The van der Waals surface area contributed by atoms with E-state index in [1.165, 1.54) is 0 Å². The molecule has 0 heterocycles. The normalized spacial score (nSPS) is 9.12. The molecule has 1 aromatic rings. The fraction of sp³-hybridized carbons (Fsp3) is 0.357. The van der Waals surface area contributed by atoms with Crippen molar-refractivity contribution in [2.45, 2.75) is 26.7 Å². The zero-order valence-electron chi connectivity index (χ0n) is 9.84. The second-order valence-corrected chi connectivity index (χ2v) is 3.44. The van der Waals surface area contributed by atoms with E-state index in [1.54, 1.807) is 6.92 Å². The smallest absolute Gasteiger partial charge is 0.251 e. The van der Waals surface area contributed by atoms with Crippen molar-refractivity contribution in [2.24, 2.45) is 0 Å². The van der Waals surface area contributed by atoms with Crippen LogP contribution < -0.4 is 5.32 Å². The van der Waals surface area contributed by atoms with E-state index in [0.29, 0.717) is 13.0 Å². The van der Waals surface area contributed by atoms with Gasteiger partial charge in [-0.3, -0.25) is 4.79 Å². The van der Waals surface area contributed by atoms with Crippen LogP contribution in [-0.4, -0.2) is 12.5 Å². The van der Waals surface area contributed by atoms with E-state index < -0.39 is 0 Å². The molecule has 0 radical (unpaired) electrons. The van der Waals surface area contributed by atoms with Crippen LogP contribution in [-0.2, 0) is 6.42 Å². The van der Waals surface area contributed by atoms with Crippen LogP contribution in [0, 0.1) is 11.8 Å². The SMILES string of the molecule is CC#CCCNC(=O)c1ccccc1CC. The Morgan fingerprint density at radius 1 is 1.38 bits per heavy atom. The summed E-state index contributed by atoms with van der Waals surface area (Å²) in [5.41, 5.74) is 1.86. The maximum absolute atomic E-state index is 11.8. The molecule has 84 valence electrons. The van der Waals surface area contributed by atoms with Crippen molar-refractivity contribution in [1.29, 1.82) is 0 Å². The molecule has 0 aliphatic heterocycles. The van der Waals surface area contributed by atoms with Crippen molar-refractivity contribution >= 4 is 5.91 Å². The van der Waals surface area contributed by atoms with Crippen LogP contribution in [0.1, 0.15) is 36.2 Å². The number of carbonyl (C=O) groups excluding carboxylic acids is 1. The maximum Gasteiger partial charge on any atom is 0.251 e. The number of nitrogens with one attached hydrogen (secondary N) is 1. The minimum absolute atomic E-state index is 0.00430. The van der Waals surface area contributed by atoms with Gasteiger partial charge in [-0.05, 0) is 25.0 Å². The molecule has 0 bridgehead atoms. The highest BCUT2D eigenvalue weighted by Gasteiger charge is 2.07. The summed E-state index contributed by atoms with van der Waals surface area (Å²) in [5, 5.41) is 2.87. The molecule has 16 heavy (non-hydrogen) atoms. The lowest BCUT2D eigenvalue weighted by atomic mass is 10.0. The van der Waals surface area contributed by atoms with Crippen LogP contribution in [0.2, 0.25) is 0 Å². The van der Waals surface area contributed by atoms with Gasteiger partial charge in [0, 0.05) is 18.5 Å². The predicted octanol–water partition coefficient (Wildman–Crippen LogP) is 2.39. The standard InChI is InChI=1S/C14H17NO/c1-3-5-8-11-15-14(16)13-10-7-6-9-12(13)4-2/h6-7,9-10H,4,8,11H2,1-2H3,(H,15,16). The molecule has 1 amide bonds. The number of rotatable bonds is 4. The van der Waals surface area contributed by atoms with E-state index in [1.807, 2.05) is 24.3 Å². The summed E-state index contributed by atoms with van der Waals surface area (Å²) in [4.78, 5) is 11.8. The molecule has 1 aromatic carbocycles. The lowest BCUT2D eigenvalue weighted by Crippen LogP contribution is -2.25. The van der Waals surface area contributed by atoms with Gasteiger partial charge in [0.2, 0.25) is 0 Å². The Morgan fingerprint density at radius 2 is 2.12 bits per heavy atom. The Hall–Kier alpha value is -1.75. The van der Waals surface area contributed by atoms with Crippen LogP contribution in [0.15, 0.2) is 24.3 Å². The van der Waals surface area contributed by atoms with Crippen LogP contribution >= 0.6 is 0 Å². The van der Waals surface area contributed by atoms with Gasteiger partial charge >= 0.3 is 0 Å². The van der Waals surface area contributed by atoms with Gasteiger partial charge in [0.25, 0.3) is 5.91 Å². The lowest BCUT2D eigenvalue weighted by Gasteiger charge is -2.07. The molecular weight excluding hydrogens is 198 g/mol. The maximum atomic E-state index is 11.8. The first-order valence-corrected chi connectivity index (χ1v) is 5.55. The summed E-state index contributed by atoms with van der Waals surface area (Å²) in [5.74, 6) is 5.72. The molecule has 2 nitrogen and oxygen atoms in total. The van der Waals surface area contributed by atoms with Gasteiger partial charge in [-0.2, -0.15) is 0 Å². The van der Waals surface area contributed by atoms with E-state index in [2.05, 4.69) is 24.1 Å². The molecule has 2 heteroatoms. The molecule has 0 atom stereocenters. The minimum atomic E-state index is -0.00430. The molecule has 0 saturated heterocycles. The molecule has 0 saturated carbocycles.